The lowest BCUT2D eigenvalue weighted by Gasteiger charge is -2.21. The Morgan fingerprint density at radius 3 is 2.41 bits per heavy atom. The van der Waals surface area contributed by atoms with Crippen LogP contribution in [0.1, 0.15) is 36.2 Å². The molecule has 2 aromatic heterocycles. The molecule has 0 fully saturated rings. The van der Waals surface area contributed by atoms with E-state index in [9.17, 15) is 22.8 Å². The predicted molar refractivity (Wildman–Crippen MR) is 105 cm³/mol. The molecule has 1 N–H and O–H groups in total. The normalized spacial score (nSPS) is 11.6. The molecule has 1 amide bonds. The number of hydrogen-bond acceptors (Lipinski definition) is 3. The molecule has 0 saturated carbocycles. The molecule has 29 heavy (non-hydrogen) atoms. The number of nitrogens with zero attached hydrogens (tertiary/aromatic N) is 2. The van der Waals surface area contributed by atoms with Crippen molar-refractivity contribution >= 4 is 16.8 Å². The van der Waals surface area contributed by atoms with E-state index in [0.717, 1.165) is 12.1 Å². The van der Waals surface area contributed by atoms with Gasteiger partial charge in [0.05, 0.1) is 16.8 Å². The molecule has 0 aliphatic rings. The van der Waals surface area contributed by atoms with Crippen LogP contribution in [0.5, 0.6) is 0 Å². The first-order valence-corrected chi connectivity index (χ1v) is 9.25. The number of carbonyl (C=O) groups is 1. The van der Waals surface area contributed by atoms with E-state index in [2.05, 4.69) is 10.3 Å². The van der Waals surface area contributed by atoms with Gasteiger partial charge in [-0.3, -0.25) is 14.6 Å². The predicted octanol–water partition coefficient (Wildman–Crippen LogP) is 4.24. The minimum Gasteiger partial charge on any atom is -0.352 e. The second-order valence-corrected chi connectivity index (χ2v) is 6.53. The Hall–Kier alpha value is -3.16. The van der Waals surface area contributed by atoms with Gasteiger partial charge in [-0.05, 0) is 43.7 Å². The summed E-state index contributed by atoms with van der Waals surface area (Å²) in [5, 5.41) is 2.47. The molecule has 3 rings (SSSR count). The zero-order valence-corrected chi connectivity index (χ0v) is 16.0. The van der Waals surface area contributed by atoms with E-state index in [0.29, 0.717) is 29.7 Å². The van der Waals surface area contributed by atoms with E-state index >= 15 is 0 Å². The van der Waals surface area contributed by atoms with E-state index in [1.165, 1.54) is 18.5 Å². The van der Waals surface area contributed by atoms with Crippen molar-refractivity contribution in [3.05, 3.63) is 64.1 Å². The molecule has 5 nitrogen and oxygen atoms in total. The van der Waals surface area contributed by atoms with Crippen LogP contribution in [0.2, 0.25) is 0 Å². The number of hydrogen-bond donors (Lipinski definition) is 1. The number of aromatic nitrogens is 2. The Morgan fingerprint density at radius 1 is 1.14 bits per heavy atom. The fourth-order valence-electron chi connectivity index (χ4n) is 3.35. The van der Waals surface area contributed by atoms with Gasteiger partial charge in [0.2, 0.25) is 5.43 Å². The van der Waals surface area contributed by atoms with Crippen molar-refractivity contribution in [3.8, 4) is 11.3 Å². The number of amides is 1. The van der Waals surface area contributed by atoms with E-state index < -0.39 is 23.1 Å². The van der Waals surface area contributed by atoms with Crippen molar-refractivity contribution < 1.29 is 18.0 Å². The third-order valence-electron chi connectivity index (χ3n) is 4.56. The van der Waals surface area contributed by atoms with Crippen LogP contribution in [-0.2, 0) is 12.7 Å². The average Bonchev–Trinajstić information content (AvgIpc) is 2.69. The molecule has 0 bridgehead atoms. The Labute approximate surface area is 165 Å². The molecule has 2 heterocycles. The number of nitrogens with one attached hydrogen (secondary N) is 1. The third-order valence-corrected chi connectivity index (χ3v) is 4.56. The first-order chi connectivity index (χ1) is 13.8. The number of halogens is 3. The number of alkyl halides is 3. The van der Waals surface area contributed by atoms with Gasteiger partial charge in [-0.25, -0.2) is 0 Å². The highest BCUT2D eigenvalue weighted by Gasteiger charge is 2.32. The quantitative estimate of drug-likeness (QED) is 0.693. The molecule has 3 aromatic rings. The minimum absolute atomic E-state index is 0.132. The molecule has 0 saturated heterocycles. The zero-order chi connectivity index (χ0) is 21.2. The molecular weight excluding hydrogens is 383 g/mol. The molecule has 8 heteroatoms. The van der Waals surface area contributed by atoms with E-state index in [-0.39, 0.29) is 17.5 Å². The molecule has 0 unspecified atom stereocenters. The molecule has 152 valence electrons. The van der Waals surface area contributed by atoms with Crippen molar-refractivity contribution in [3.63, 3.8) is 0 Å². The molecule has 1 aromatic carbocycles. The van der Waals surface area contributed by atoms with Gasteiger partial charge in [-0.2, -0.15) is 13.2 Å². The SMILES string of the molecule is CCCn1c(-c2ccncc2)c(C(=O)NCC)c(=O)c2cc(C(F)(F)F)ccc21. The summed E-state index contributed by atoms with van der Waals surface area (Å²) in [4.78, 5) is 30.0. The van der Waals surface area contributed by atoms with Crippen LogP contribution in [0.15, 0.2) is 47.5 Å². The number of carbonyl (C=O) groups excluding carboxylic acids is 1. The lowest BCUT2D eigenvalue weighted by molar-refractivity contribution is -0.137. The van der Waals surface area contributed by atoms with Crippen molar-refractivity contribution in [2.24, 2.45) is 0 Å². The highest BCUT2D eigenvalue weighted by atomic mass is 19.4. The fraction of sp³-hybridized carbons (Fsp3) is 0.286. The maximum Gasteiger partial charge on any atom is 0.416 e. The Balaban J connectivity index is 2.49. The average molecular weight is 403 g/mol. The molecule has 0 spiro atoms. The molecule has 0 atom stereocenters. The zero-order valence-electron chi connectivity index (χ0n) is 16.0. The van der Waals surface area contributed by atoms with Crippen LogP contribution in [0.3, 0.4) is 0 Å². The van der Waals surface area contributed by atoms with E-state index in [1.807, 2.05) is 6.92 Å². The van der Waals surface area contributed by atoms with Gasteiger partial charge in [-0.1, -0.05) is 6.92 Å². The van der Waals surface area contributed by atoms with Crippen LogP contribution >= 0.6 is 0 Å². The van der Waals surface area contributed by atoms with Crippen molar-refractivity contribution in [1.29, 1.82) is 0 Å². The van der Waals surface area contributed by atoms with Gasteiger partial charge in [0.15, 0.2) is 0 Å². The van der Waals surface area contributed by atoms with Gasteiger partial charge in [-0.15, -0.1) is 0 Å². The van der Waals surface area contributed by atoms with E-state index in [4.69, 9.17) is 0 Å². The number of benzene rings is 1. The van der Waals surface area contributed by atoms with Crippen LogP contribution in [0.4, 0.5) is 13.2 Å². The van der Waals surface area contributed by atoms with Crippen molar-refractivity contribution in [2.45, 2.75) is 33.0 Å². The molecule has 0 aliphatic carbocycles. The number of pyridine rings is 2. The summed E-state index contributed by atoms with van der Waals surface area (Å²) in [5.41, 5.74) is -0.506. The van der Waals surface area contributed by atoms with Crippen molar-refractivity contribution in [2.75, 3.05) is 6.54 Å². The largest absolute Gasteiger partial charge is 0.416 e. The first-order valence-electron chi connectivity index (χ1n) is 9.25. The van der Waals surface area contributed by atoms with Crippen molar-refractivity contribution in [1.82, 2.24) is 14.9 Å². The van der Waals surface area contributed by atoms with Gasteiger partial charge in [0.1, 0.15) is 5.56 Å². The second kappa shape index (κ2) is 8.06. The van der Waals surface area contributed by atoms with Crippen LogP contribution in [-0.4, -0.2) is 22.0 Å². The smallest absolute Gasteiger partial charge is 0.352 e. The Morgan fingerprint density at radius 2 is 1.83 bits per heavy atom. The van der Waals surface area contributed by atoms with Crippen LogP contribution in [0, 0.1) is 0 Å². The number of rotatable bonds is 5. The maximum absolute atomic E-state index is 13.2. The topological polar surface area (TPSA) is 64.0 Å². The van der Waals surface area contributed by atoms with Gasteiger partial charge in [0, 0.05) is 36.4 Å². The summed E-state index contributed by atoms with van der Waals surface area (Å²) < 4.78 is 41.4. The summed E-state index contributed by atoms with van der Waals surface area (Å²) in [6, 6.07) is 6.40. The Kier molecular flexibility index (Phi) is 5.72. The standard InChI is InChI=1S/C21H20F3N3O2/c1-3-11-27-16-6-5-14(21(22,23)24)12-15(16)19(28)17(20(29)26-4-2)18(27)13-7-9-25-10-8-13/h5-10,12H,3-4,11H2,1-2H3,(H,26,29). The second-order valence-electron chi connectivity index (χ2n) is 6.53. The summed E-state index contributed by atoms with van der Waals surface area (Å²) in [6.07, 6.45) is -0.860. The summed E-state index contributed by atoms with van der Waals surface area (Å²) in [5.74, 6) is -0.617. The van der Waals surface area contributed by atoms with Gasteiger partial charge in [0.25, 0.3) is 5.91 Å². The maximum atomic E-state index is 13.2. The van der Waals surface area contributed by atoms with Gasteiger partial charge < -0.3 is 9.88 Å². The molecular formula is C21H20F3N3O2. The number of fused-ring (bicyclic) bond motifs is 1. The highest BCUT2D eigenvalue weighted by Crippen LogP contribution is 2.33. The Bertz CT molecular complexity index is 1110. The van der Waals surface area contributed by atoms with Crippen LogP contribution in [0.25, 0.3) is 22.2 Å². The number of aryl methyl sites for hydroxylation is 1. The summed E-state index contributed by atoms with van der Waals surface area (Å²) >= 11 is 0. The lowest BCUT2D eigenvalue weighted by Crippen LogP contribution is -2.31. The minimum atomic E-state index is -4.59. The van der Waals surface area contributed by atoms with E-state index in [1.54, 1.807) is 23.6 Å². The monoisotopic (exact) mass is 403 g/mol. The molecule has 0 aliphatic heterocycles. The highest BCUT2D eigenvalue weighted by molar-refractivity contribution is 6.03. The lowest BCUT2D eigenvalue weighted by atomic mass is 10.00. The fourth-order valence-corrected chi connectivity index (χ4v) is 3.35. The van der Waals surface area contributed by atoms with Gasteiger partial charge >= 0.3 is 6.18 Å². The first kappa shape index (κ1) is 20.6. The summed E-state index contributed by atoms with van der Waals surface area (Å²) in [6.45, 7) is 4.32. The third kappa shape index (κ3) is 3.87. The molecule has 0 radical (unpaired) electrons. The summed E-state index contributed by atoms with van der Waals surface area (Å²) in [7, 11) is 0. The van der Waals surface area contributed by atoms with Crippen LogP contribution < -0.4 is 10.7 Å².